The molecule has 0 spiro atoms. The fraction of sp³-hybridized carbons (Fsp3) is 0.333. The molecule has 1 aromatic heterocycles. The van der Waals surface area contributed by atoms with Gasteiger partial charge in [0, 0.05) is 19.8 Å². The largest absolute Gasteiger partial charge is 0.437 e. The molecule has 2 heterocycles. The Bertz CT molecular complexity index is 869. The standard InChI is InChI=1S/C18H18F3N3O2S2/c1-24(2)11-7-5-10(6-8-11)14-13(15(25)12-4-3-9-28-12)17(26,18(19,20)21)23-16(27)22-14/h3-9,13-14,26H,1-2H3,(H2,22,23,27). The lowest BCUT2D eigenvalue weighted by molar-refractivity contribution is -0.285. The summed E-state index contributed by atoms with van der Waals surface area (Å²) in [5.74, 6) is -2.69. The van der Waals surface area contributed by atoms with E-state index in [0.717, 1.165) is 17.0 Å². The number of nitrogens with one attached hydrogen (secondary N) is 2. The molecule has 0 bridgehead atoms. The number of ketones is 1. The molecule has 10 heteroatoms. The summed E-state index contributed by atoms with van der Waals surface area (Å²) in [4.78, 5) is 15.0. The normalized spacial score (nSPS) is 25.0. The van der Waals surface area contributed by atoms with Crippen LogP contribution < -0.4 is 15.5 Å². The summed E-state index contributed by atoms with van der Waals surface area (Å²) in [7, 11) is 3.66. The van der Waals surface area contributed by atoms with Gasteiger partial charge in [-0.15, -0.1) is 11.3 Å². The Kier molecular flexibility index (Phi) is 5.39. The molecule has 1 saturated heterocycles. The first-order valence-electron chi connectivity index (χ1n) is 8.27. The van der Waals surface area contributed by atoms with E-state index in [-0.39, 0.29) is 9.99 Å². The predicted octanol–water partition coefficient (Wildman–Crippen LogP) is 3.08. The highest BCUT2D eigenvalue weighted by atomic mass is 32.1. The summed E-state index contributed by atoms with van der Waals surface area (Å²) >= 11 is 5.93. The first kappa shape index (κ1) is 20.6. The zero-order chi connectivity index (χ0) is 20.7. The van der Waals surface area contributed by atoms with Crippen LogP contribution >= 0.6 is 23.6 Å². The van der Waals surface area contributed by atoms with E-state index in [1.807, 2.05) is 24.3 Å². The topological polar surface area (TPSA) is 64.6 Å². The molecule has 0 radical (unpaired) electrons. The third-order valence-electron chi connectivity index (χ3n) is 4.62. The molecule has 0 aliphatic carbocycles. The highest BCUT2D eigenvalue weighted by Gasteiger charge is 2.65. The smallest absolute Gasteiger partial charge is 0.378 e. The van der Waals surface area contributed by atoms with Crippen molar-refractivity contribution in [2.24, 2.45) is 5.92 Å². The molecule has 5 nitrogen and oxygen atoms in total. The lowest BCUT2D eigenvalue weighted by atomic mass is 9.78. The van der Waals surface area contributed by atoms with E-state index in [4.69, 9.17) is 12.2 Å². The third kappa shape index (κ3) is 3.59. The Morgan fingerprint density at radius 2 is 1.89 bits per heavy atom. The van der Waals surface area contributed by atoms with Crippen LogP contribution in [0.15, 0.2) is 41.8 Å². The number of Topliss-reactive ketones (excluding diaryl/α,β-unsaturated/α-hetero) is 1. The molecule has 28 heavy (non-hydrogen) atoms. The number of thiophene rings is 1. The Hall–Kier alpha value is -2.17. The van der Waals surface area contributed by atoms with Crippen LogP contribution in [-0.2, 0) is 0 Å². The van der Waals surface area contributed by atoms with Crippen molar-refractivity contribution in [1.29, 1.82) is 0 Å². The Morgan fingerprint density at radius 3 is 2.39 bits per heavy atom. The van der Waals surface area contributed by atoms with E-state index in [1.165, 1.54) is 6.07 Å². The maximum atomic E-state index is 13.9. The van der Waals surface area contributed by atoms with Gasteiger partial charge in [0.2, 0.25) is 5.72 Å². The quantitative estimate of drug-likeness (QED) is 0.513. The minimum atomic E-state index is -5.13. The average molecular weight is 429 g/mol. The van der Waals surface area contributed by atoms with Crippen molar-refractivity contribution in [3.63, 3.8) is 0 Å². The monoisotopic (exact) mass is 429 g/mol. The van der Waals surface area contributed by atoms with E-state index in [9.17, 15) is 23.1 Å². The van der Waals surface area contributed by atoms with E-state index in [2.05, 4.69) is 5.32 Å². The molecule has 3 unspecified atom stereocenters. The van der Waals surface area contributed by atoms with Gasteiger partial charge in [0.25, 0.3) is 0 Å². The second kappa shape index (κ2) is 7.34. The molecular weight excluding hydrogens is 411 g/mol. The van der Waals surface area contributed by atoms with Crippen LogP contribution in [0, 0.1) is 5.92 Å². The van der Waals surface area contributed by atoms with Gasteiger partial charge in [0.15, 0.2) is 10.9 Å². The molecule has 1 aromatic carbocycles. The van der Waals surface area contributed by atoms with Crippen molar-refractivity contribution in [2.75, 3.05) is 19.0 Å². The van der Waals surface area contributed by atoms with Crippen LogP contribution in [0.2, 0.25) is 0 Å². The minimum Gasteiger partial charge on any atom is -0.378 e. The second-order valence-electron chi connectivity index (χ2n) is 6.65. The zero-order valence-electron chi connectivity index (χ0n) is 14.9. The van der Waals surface area contributed by atoms with Crippen LogP contribution in [0.25, 0.3) is 0 Å². The molecule has 3 atom stereocenters. The summed E-state index contributed by atoms with van der Waals surface area (Å²) in [5.41, 5.74) is -2.25. The van der Waals surface area contributed by atoms with Crippen LogP contribution in [0.5, 0.6) is 0 Å². The molecule has 0 saturated carbocycles. The van der Waals surface area contributed by atoms with Gasteiger partial charge in [-0.25, -0.2) is 0 Å². The molecule has 3 N–H and O–H groups in total. The summed E-state index contributed by atoms with van der Waals surface area (Å²) in [6, 6.07) is 8.52. The highest BCUT2D eigenvalue weighted by molar-refractivity contribution is 7.80. The fourth-order valence-electron chi connectivity index (χ4n) is 3.17. The number of hydrogen-bond donors (Lipinski definition) is 3. The van der Waals surface area contributed by atoms with Crippen molar-refractivity contribution in [2.45, 2.75) is 17.9 Å². The predicted molar refractivity (Wildman–Crippen MR) is 106 cm³/mol. The number of rotatable bonds is 4. The summed E-state index contributed by atoms with van der Waals surface area (Å²) in [6.07, 6.45) is -5.13. The van der Waals surface area contributed by atoms with Gasteiger partial charge in [-0.05, 0) is 41.4 Å². The summed E-state index contributed by atoms with van der Waals surface area (Å²) < 4.78 is 41.6. The number of aliphatic hydroxyl groups is 1. The van der Waals surface area contributed by atoms with Crippen LogP contribution in [0.4, 0.5) is 18.9 Å². The van der Waals surface area contributed by atoms with E-state index in [1.54, 1.807) is 35.7 Å². The number of carbonyl (C=O) groups excluding carboxylic acids is 1. The Balaban J connectivity index is 2.11. The number of benzene rings is 1. The molecule has 3 rings (SSSR count). The van der Waals surface area contributed by atoms with Crippen LogP contribution in [0.1, 0.15) is 21.3 Å². The van der Waals surface area contributed by atoms with E-state index < -0.39 is 29.6 Å². The molecule has 0 amide bonds. The minimum absolute atomic E-state index is 0.124. The van der Waals surface area contributed by atoms with E-state index in [0.29, 0.717) is 5.56 Å². The molecular formula is C18H18F3N3O2S2. The number of thiocarbonyl (C=S) groups is 1. The average Bonchev–Trinajstić information content (AvgIpc) is 3.14. The summed E-state index contributed by atoms with van der Waals surface area (Å²) in [5, 5.41) is 16.4. The van der Waals surface area contributed by atoms with Gasteiger partial charge in [0.1, 0.15) is 5.92 Å². The van der Waals surface area contributed by atoms with E-state index >= 15 is 0 Å². The van der Waals surface area contributed by atoms with Crippen molar-refractivity contribution < 1.29 is 23.1 Å². The number of nitrogens with zero attached hydrogens (tertiary/aromatic N) is 1. The van der Waals surface area contributed by atoms with Gasteiger partial charge in [-0.1, -0.05) is 18.2 Å². The van der Waals surface area contributed by atoms with Gasteiger partial charge in [-0.2, -0.15) is 13.2 Å². The maximum Gasteiger partial charge on any atom is 0.437 e. The first-order valence-corrected chi connectivity index (χ1v) is 9.56. The van der Waals surface area contributed by atoms with Gasteiger partial charge < -0.3 is 20.6 Å². The van der Waals surface area contributed by atoms with Crippen molar-refractivity contribution >= 4 is 40.1 Å². The molecule has 1 aliphatic heterocycles. The first-order chi connectivity index (χ1) is 13.0. The number of hydrogen-bond acceptors (Lipinski definition) is 5. The van der Waals surface area contributed by atoms with Gasteiger partial charge >= 0.3 is 6.18 Å². The lowest BCUT2D eigenvalue weighted by Gasteiger charge is -2.46. The maximum absolute atomic E-state index is 13.9. The van der Waals surface area contributed by atoms with Crippen LogP contribution in [-0.4, -0.2) is 42.0 Å². The van der Waals surface area contributed by atoms with Crippen molar-refractivity contribution in [1.82, 2.24) is 10.6 Å². The molecule has 2 aromatic rings. The Labute approximate surface area is 169 Å². The fourth-order valence-corrected chi connectivity index (χ4v) is 4.16. The number of anilines is 1. The zero-order valence-corrected chi connectivity index (χ0v) is 16.6. The van der Waals surface area contributed by atoms with Gasteiger partial charge in [-0.3, -0.25) is 4.79 Å². The molecule has 150 valence electrons. The summed E-state index contributed by atoms with van der Waals surface area (Å²) in [6.45, 7) is 0. The van der Waals surface area contributed by atoms with Crippen molar-refractivity contribution in [3.05, 3.63) is 52.2 Å². The highest BCUT2D eigenvalue weighted by Crippen LogP contribution is 2.44. The molecule has 1 aliphatic rings. The SMILES string of the molecule is CN(C)c1ccc(C2NC(=S)NC(O)(C(F)(F)F)C2C(=O)c2cccs2)cc1. The van der Waals surface area contributed by atoms with Crippen LogP contribution in [0.3, 0.4) is 0 Å². The number of halogens is 3. The third-order valence-corrected chi connectivity index (χ3v) is 5.73. The van der Waals surface area contributed by atoms with Crippen molar-refractivity contribution in [3.8, 4) is 0 Å². The Morgan fingerprint density at radius 1 is 1.25 bits per heavy atom. The number of carbonyl (C=O) groups is 1. The van der Waals surface area contributed by atoms with Gasteiger partial charge in [0.05, 0.1) is 10.9 Å². The second-order valence-corrected chi connectivity index (χ2v) is 8.00. The number of alkyl halides is 3. The molecule has 1 fully saturated rings. The lowest BCUT2D eigenvalue weighted by Crippen LogP contribution is -2.72.